The van der Waals surface area contributed by atoms with E-state index < -0.39 is 0 Å². The minimum Gasteiger partial charge on any atom is -0.239 e. The Kier molecular flexibility index (Phi) is 11.6. The Hall–Kier alpha value is -8.29. The molecule has 2 aromatic heterocycles. The van der Waals surface area contributed by atoms with Gasteiger partial charge in [0.15, 0.2) is 23.3 Å². The van der Waals surface area contributed by atoms with Crippen molar-refractivity contribution in [2.24, 2.45) is 9.98 Å². The summed E-state index contributed by atoms with van der Waals surface area (Å²) in [6.45, 7) is 10.3. The van der Waals surface area contributed by atoms with Crippen molar-refractivity contribution >= 4 is 17.2 Å². The van der Waals surface area contributed by atoms with Crippen LogP contribution in [0.15, 0.2) is 211 Å². The van der Waals surface area contributed by atoms with Gasteiger partial charge in [0.05, 0.1) is 11.4 Å². The van der Waals surface area contributed by atoms with Gasteiger partial charge in [-0.1, -0.05) is 170 Å². The predicted molar refractivity (Wildman–Crippen MR) is 258 cm³/mol. The number of amidine groups is 1. The van der Waals surface area contributed by atoms with E-state index in [0.29, 0.717) is 29.0 Å². The Morgan fingerprint density at radius 2 is 0.857 bits per heavy atom. The van der Waals surface area contributed by atoms with Crippen LogP contribution in [0.2, 0.25) is 0 Å². The molecule has 0 fully saturated rings. The maximum Gasteiger partial charge on any atom is 0.164 e. The van der Waals surface area contributed by atoms with Crippen LogP contribution in [-0.4, -0.2) is 36.5 Å². The third kappa shape index (κ3) is 9.38. The minimum absolute atomic E-state index is 0.595. The van der Waals surface area contributed by atoms with Crippen LogP contribution < -0.4 is 0 Å². The number of nitrogens with zero attached hydrogens (tertiary/aromatic N) is 7. The normalized spacial score (nSPS) is 11.7. The molecule has 7 heteroatoms. The van der Waals surface area contributed by atoms with Gasteiger partial charge in [-0.25, -0.2) is 34.9 Å². The molecule has 9 rings (SSSR count). The molecule has 0 spiro atoms. The number of aromatic nitrogens is 5. The standard InChI is InChI=1S/C56H43N7/c1-37-32-52(60-40(4)57-37)51-35-49(43-30-28-42(29-31-43)39(3)59-53(44-20-11-6-12-21-44)58-38(2)41-18-9-5-10-19-41)34-50(36-51)47-26-17-27-48(33-47)56-62-54(45-22-13-7-14-23-45)61-55(63-56)46-24-15-8-16-25-46/h5-36H,3H2,1-2,4H3. The molecule has 0 aliphatic heterocycles. The molecule has 63 heavy (non-hydrogen) atoms. The fraction of sp³-hybridized carbons (Fsp3) is 0.0536. The molecule has 0 unspecified atom stereocenters. The number of aliphatic imine (C=N–C) groups is 2. The lowest BCUT2D eigenvalue weighted by Gasteiger charge is -2.13. The maximum absolute atomic E-state index is 5.01. The van der Waals surface area contributed by atoms with E-state index in [9.17, 15) is 0 Å². The molecule has 0 bridgehead atoms. The predicted octanol–water partition coefficient (Wildman–Crippen LogP) is 13.2. The van der Waals surface area contributed by atoms with Crippen LogP contribution in [0.3, 0.4) is 0 Å². The van der Waals surface area contributed by atoms with Crippen LogP contribution in [0.25, 0.3) is 73.4 Å². The summed E-state index contributed by atoms with van der Waals surface area (Å²) in [5, 5.41) is 0. The van der Waals surface area contributed by atoms with E-state index >= 15 is 0 Å². The lowest BCUT2D eigenvalue weighted by molar-refractivity contribution is 1.02. The lowest BCUT2D eigenvalue weighted by Crippen LogP contribution is -2.04. The number of aryl methyl sites for hydroxylation is 2. The van der Waals surface area contributed by atoms with Gasteiger partial charge >= 0.3 is 0 Å². The number of benzene rings is 7. The highest BCUT2D eigenvalue weighted by Crippen LogP contribution is 2.35. The topological polar surface area (TPSA) is 89.2 Å². The highest BCUT2D eigenvalue weighted by molar-refractivity contribution is 6.12. The van der Waals surface area contributed by atoms with Crippen LogP contribution in [0.5, 0.6) is 0 Å². The van der Waals surface area contributed by atoms with E-state index in [0.717, 1.165) is 84.1 Å². The van der Waals surface area contributed by atoms with E-state index in [1.165, 1.54) is 0 Å². The molecule has 7 aromatic carbocycles. The molecule has 0 saturated carbocycles. The summed E-state index contributed by atoms with van der Waals surface area (Å²) in [6, 6.07) is 65.6. The SMILES string of the molecule is C=C(N=C(N=C(C)c1ccccc1)c1ccccc1)c1ccc(-c2cc(-c3cccc(-c4nc(-c5ccccc5)nc(-c5ccccc5)n4)c3)cc(-c3cc(C)nc(C)n3)c2)cc1. The summed E-state index contributed by atoms with van der Waals surface area (Å²) >= 11 is 0. The summed E-state index contributed by atoms with van der Waals surface area (Å²) in [4.78, 5) is 34.3. The monoisotopic (exact) mass is 813 g/mol. The van der Waals surface area contributed by atoms with E-state index in [4.69, 9.17) is 29.9 Å². The van der Waals surface area contributed by atoms with Crippen LogP contribution in [0.4, 0.5) is 0 Å². The van der Waals surface area contributed by atoms with Crippen molar-refractivity contribution in [3.63, 3.8) is 0 Å². The van der Waals surface area contributed by atoms with Crippen molar-refractivity contribution in [2.75, 3.05) is 0 Å². The molecule has 0 amide bonds. The summed E-state index contributed by atoms with van der Waals surface area (Å²) in [5.74, 6) is 3.15. The van der Waals surface area contributed by atoms with Gasteiger partial charge in [0.1, 0.15) is 5.82 Å². The Morgan fingerprint density at radius 3 is 1.44 bits per heavy atom. The molecule has 0 radical (unpaired) electrons. The molecule has 0 atom stereocenters. The van der Waals surface area contributed by atoms with Gasteiger partial charge in [-0.2, -0.15) is 0 Å². The molecular weight excluding hydrogens is 771 g/mol. The van der Waals surface area contributed by atoms with Gasteiger partial charge in [-0.15, -0.1) is 0 Å². The zero-order valence-electron chi connectivity index (χ0n) is 35.3. The van der Waals surface area contributed by atoms with Gasteiger partial charge in [0.2, 0.25) is 0 Å². The first-order valence-electron chi connectivity index (χ1n) is 20.8. The average molecular weight is 814 g/mol. The first kappa shape index (κ1) is 40.1. The largest absolute Gasteiger partial charge is 0.239 e. The fourth-order valence-electron chi connectivity index (χ4n) is 7.44. The van der Waals surface area contributed by atoms with Crippen molar-refractivity contribution in [3.05, 3.63) is 229 Å². The van der Waals surface area contributed by atoms with Gasteiger partial charge in [0.25, 0.3) is 0 Å². The smallest absolute Gasteiger partial charge is 0.164 e. The Labute approximate surface area is 368 Å². The van der Waals surface area contributed by atoms with Crippen molar-refractivity contribution in [3.8, 4) is 67.7 Å². The molecular formula is C56H43N7. The first-order chi connectivity index (χ1) is 30.8. The molecule has 302 valence electrons. The van der Waals surface area contributed by atoms with Crippen molar-refractivity contribution in [1.82, 2.24) is 24.9 Å². The van der Waals surface area contributed by atoms with Gasteiger partial charge in [-0.05, 0) is 84.5 Å². The van der Waals surface area contributed by atoms with Crippen molar-refractivity contribution in [1.29, 1.82) is 0 Å². The first-order valence-corrected chi connectivity index (χ1v) is 20.8. The maximum atomic E-state index is 5.01. The zero-order chi connectivity index (χ0) is 43.1. The van der Waals surface area contributed by atoms with Crippen LogP contribution in [0.1, 0.15) is 35.1 Å². The van der Waals surface area contributed by atoms with Crippen LogP contribution >= 0.6 is 0 Å². The summed E-state index contributed by atoms with van der Waals surface area (Å²) in [6.07, 6.45) is 0. The molecule has 0 saturated heterocycles. The van der Waals surface area contributed by atoms with Gasteiger partial charge in [-0.3, -0.25) is 0 Å². The second-order valence-electron chi connectivity index (χ2n) is 15.2. The quantitative estimate of drug-likeness (QED) is 0.101. The van der Waals surface area contributed by atoms with E-state index in [1.807, 2.05) is 136 Å². The minimum atomic E-state index is 0.595. The molecule has 7 nitrogen and oxygen atoms in total. The summed E-state index contributed by atoms with van der Waals surface area (Å²) in [5.41, 5.74) is 13.9. The molecule has 9 aromatic rings. The summed E-state index contributed by atoms with van der Waals surface area (Å²) in [7, 11) is 0. The Morgan fingerprint density at radius 1 is 0.381 bits per heavy atom. The highest BCUT2D eigenvalue weighted by atomic mass is 15.0. The number of rotatable bonds is 10. The average Bonchev–Trinajstić information content (AvgIpc) is 3.34. The highest BCUT2D eigenvalue weighted by Gasteiger charge is 2.15. The third-order valence-electron chi connectivity index (χ3n) is 10.6. The van der Waals surface area contributed by atoms with Gasteiger partial charge < -0.3 is 0 Å². The Bertz CT molecular complexity index is 3050. The van der Waals surface area contributed by atoms with E-state index in [1.54, 1.807) is 0 Å². The number of hydrogen-bond acceptors (Lipinski definition) is 6. The molecule has 0 aliphatic rings. The van der Waals surface area contributed by atoms with E-state index in [2.05, 4.69) is 90.4 Å². The molecule has 2 heterocycles. The summed E-state index contributed by atoms with van der Waals surface area (Å²) < 4.78 is 0. The van der Waals surface area contributed by atoms with Crippen molar-refractivity contribution < 1.29 is 0 Å². The molecule has 0 aliphatic carbocycles. The second-order valence-corrected chi connectivity index (χ2v) is 15.2. The van der Waals surface area contributed by atoms with Gasteiger partial charge in [0, 0.05) is 39.2 Å². The van der Waals surface area contributed by atoms with Crippen LogP contribution in [-0.2, 0) is 0 Å². The number of hydrogen-bond donors (Lipinski definition) is 0. The second kappa shape index (κ2) is 18.1. The molecule has 0 N–H and O–H groups in total. The van der Waals surface area contributed by atoms with E-state index in [-0.39, 0.29) is 0 Å². The third-order valence-corrected chi connectivity index (χ3v) is 10.6. The Balaban J connectivity index is 1.10. The fourth-order valence-corrected chi connectivity index (χ4v) is 7.44. The zero-order valence-corrected chi connectivity index (χ0v) is 35.3. The van der Waals surface area contributed by atoms with Crippen LogP contribution in [0, 0.1) is 13.8 Å². The van der Waals surface area contributed by atoms with Crippen molar-refractivity contribution in [2.45, 2.75) is 20.8 Å². The lowest BCUT2D eigenvalue weighted by atomic mass is 9.93.